The molecule has 0 aliphatic carbocycles. The molecular weight excluding hydrogens is 216 g/mol. The summed E-state index contributed by atoms with van der Waals surface area (Å²) >= 11 is 5.65. The topological polar surface area (TPSA) is 48.6 Å². The van der Waals surface area contributed by atoms with Gasteiger partial charge in [-0.05, 0) is 23.7 Å². The van der Waals surface area contributed by atoms with Crippen LogP contribution in [0.1, 0.15) is 11.9 Å². The van der Waals surface area contributed by atoms with E-state index in [1.54, 1.807) is 12.1 Å². The van der Waals surface area contributed by atoms with E-state index in [4.69, 9.17) is 16.0 Å². The number of furan rings is 1. The Morgan fingerprint density at radius 2 is 2.20 bits per heavy atom. The second-order valence-electron chi connectivity index (χ2n) is 3.71. The normalized spacial score (nSPS) is 20.4. The van der Waals surface area contributed by atoms with E-state index in [-0.39, 0.29) is 0 Å². The molecule has 0 amide bonds. The lowest BCUT2D eigenvalue weighted by molar-refractivity contribution is 0.0885. The zero-order valence-electron chi connectivity index (χ0n) is 8.45. The van der Waals surface area contributed by atoms with E-state index in [0.717, 1.165) is 26.2 Å². The predicted octanol–water partition coefficient (Wildman–Crippen LogP) is 0.872. The van der Waals surface area contributed by atoms with Crippen molar-refractivity contribution in [3.63, 3.8) is 0 Å². The lowest BCUT2D eigenvalue weighted by Crippen LogP contribution is -2.44. The third-order valence-corrected chi connectivity index (χ3v) is 2.77. The van der Waals surface area contributed by atoms with Crippen molar-refractivity contribution >= 4 is 11.6 Å². The summed E-state index contributed by atoms with van der Waals surface area (Å²) in [5, 5.41) is 13.5. The fourth-order valence-corrected chi connectivity index (χ4v) is 1.89. The van der Waals surface area contributed by atoms with Crippen LogP contribution in [0.2, 0.25) is 5.22 Å². The zero-order chi connectivity index (χ0) is 10.7. The van der Waals surface area contributed by atoms with Crippen molar-refractivity contribution in [1.29, 1.82) is 0 Å². The number of piperazine rings is 1. The zero-order valence-corrected chi connectivity index (χ0v) is 9.20. The highest BCUT2D eigenvalue weighted by Crippen LogP contribution is 2.20. The number of aliphatic hydroxyl groups is 1. The van der Waals surface area contributed by atoms with Gasteiger partial charge in [-0.2, -0.15) is 0 Å². The average molecular weight is 231 g/mol. The van der Waals surface area contributed by atoms with Gasteiger partial charge in [0.1, 0.15) is 11.9 Å². The lowest BCUT2D eigenvalue weighted by Gasteiger charge is -2.28. The summed E-state index contributed by atoms with van der Waals surface area (Å²) in [6.45, 7) is 4.49. The summed E-state index contributed by atoms with van der Waals surface area (Å²) in [6.07, 6.45) is -0.587. The minimum absolute atomic E-state index is 0.323. The molecule has 1 aliphatic rings. The van der Waals surface area contributed by atoms with Crippen LogP contribution < -0.4 is 5.32 Å². The molecule has 1 saturated heterocycles. The Balaban J connectivity index is 1.88. The van der Waals surface area contributed by atoms with E-state index in [1.165, 1.54) is 0 Å². The van der Waals surface area contributed by atoms with Crippen LogP contribution in [0.5, 0.6) is 0 Å². The molecule has 84 valence electrons. The van der Waals surface area contributed by atoms with Gasteiger partial charge < -0.3 is 14.8 Å². The van der Waals surface area contributed by atoms with E-state index in [0.29, 0.717) is 17.5 Å². The largest absolute Gasteiger partial charge is 0.447 e. The van der Waals surface area contributed by atoms with Gasteiger partial charge in [0.2, 0.25) is 0 Å². The molecule has 1 aliphatic heterocycles. The predicted molar refractivity (Wildman–Crippen MR) is 58.0 cm³/mol. The quantitative estimate of drug-likeness (QED) is 0.809. The number of rotatable bonds is 3. The molecule has 1 aromatic heterocycles. The molecule has 1 atom stereocenters. The summed E-state index contributed by atoms with van der Waals surface area (Å²) in [4.78, 5) is 2.21. The standard InChI is InChI=1S/C10H15ClN2O2/c11-10-2-1-9(15-10)8(14)7-13-5-3-12-4-6-13/h1-2,8,12,14H,3-7H2. The second kappa shape index (κ2) is 4.99. The molecule has 1 fully saturated rings. The van der Waals surface area contributed by atoms with E-state index in [2.05, 4.69) is 10.2 Å². The minimum atomic E-state index is -0.587. The number of halogens is 1. The number of hydrogen-bond acceptors (Lipinski definition) is 4. The van der Waals surface area contributed by atoms with Crippen molar-refractivity contribution in [3.05, 3.63) is 23.1 Å². The fraction of sp³-hybridized carbons (Fsp3) is 0.600. The number of β-amino-alcohol motifs (C(OH)–C–C–N with tert-alkyl or cyclic N) is 1. The van der Waals surface area contributed by atoms with Gasteiger partial charge in [-0.1, -0.05) is 0 Å². The van der Waals surface area contributed by atoms with Crippen LogP contribution in [0.15, 0.2) is 16.5 Å². The van der Waals surface area contributed by atoms with Gasteiger partial charge >= 0.3 is 0 Å². The van der Waals surface area contributed by atoms with E-state index in [9.17, 15) is 5.11 Å². The molecule has 5 heteroatoms. The molecule has 0 saturated carbocycles. The van der Waals surface area contributed by atoms with Gasteiger partial charge in [-0.3, -0.25) is 4.90 Å². The smallest absolute Gasteiger partial charge is 0.193 e. The summed E-state index contributed by atoms with van der Waals surface area (Å²) in [6, 6.07) is 3.37. The second-order valence-corrected chi connectivity index (χ2v) is 4.08. The molecule has 2 heterocycles. The van der Waals surface area contributed by atoms with E-state index >= 15 is 0 Å². The van der Waals surface area contributed by atoms with Crippen LogP contribution in [0.25, 0.3) is 0 Å². The number of nitrogens with zero attached hydrogens (tertiary/aromatic N) is 1. The number of nitrogens with one attached hydrogen (secondary N) is 1. The molecule has 2 N–H and O–H groups in total. The van der Waals surface area contributed by atoms with Crippen molar-refractivity contribution < 1.29 is 9.52 Å². The van der Waals surface area contributed by atoms with Crippen molar-refractivity contribution in [2.75, 3.05) is 32.7 Å². The van der Waals surface area contributed by atoms with Gasteiger partial charge in [-0.15, -0.1) is 0 Å². The van der Waals surface area contributed by atoms with Gasteiger partial charge in [-0.25, -0.2) is 0 Å². The van der Waals surface area contributed by atoms with Crippen molar-refractivity contribution in [2.24, 2.45) is 0 Å². The van der Waals surface area contributed by atoms with Crippen LogP contribution in [-0.2, 0) is 0 Å². The number of aliphatic hydroxyl groups excluding tert-OH is 1. The SMILES string of the molecule is OC(CN1CCNCC1)c1ccc(Cl)o1. The molecule has 0 radical (unpaired) electrons. The molecule has 2 rings (SSSR count). The highest BCUT2D eigenvalue weighted by Gasteiger charge is 2.17. The fourth-order valence-electron chi connectivity index (χ4n) is 1.74. The maximum atomic E-state index is 9.87. The minimum Gasteiger partial charge on any atom is -0.447 e. The van der Waals surface area contributed by atoms with Crippen molar-refractivity contribution in [2.45, 2.75) is 6.10 Å². The Bertz CT molecular complexity index is 310. The summed E-state index contributed by atoms with van der Waals surface area (Å²) in [5.41, 5.74) is 0. The van der Waals surface area contributed by atoms with E-state index in [1.807, 2.05) is 0 Å². The van der Waals surface area contributed by atoms with Crippen molar-refractivity contribution in [1.82, 2.24) is 10.2 Å². The van der Waals surface area contributed by atoms with Crippen LogP contribution >= 0.6 is 11.6 Å². The highest BCUT2D eigenvalue weighted by atomic mass is 35.5. The first-order valence-electron chi connectivity index (χ1n) is 5.12. The van der Waals surface area contributed by atoms with Crippen LogP contribution in [0.4, 0.5) is 0 Å². The average Bonchev–Trinajstić information content (AvgIpc) is 2.66. The van der Waals surface area contributed by atoms with Crippen LogP contribution in [0.3, 0.4) is 0 Å². The van der Waals surface area contributed by atoms with Gasteiger partial charge in [0.15, 0.2) is 5.22 Å². The van der Waals surface area contributed by atoms with Gasteiger partial charge in [0, 0.05) is 32.7 Å². The Kier molecular flexibility index (Phi) is 3.64. The molecular formula is C10H15ClN2O2. The van der Waals surface area contributed by atoms with Gasteiger partial charge in [0.25, 0.3) is 0 Å². The summed E-state index contributed by atoms with van der Waals surface area (Å²) in [5.74, 6) is 0.540. The molecule has 4 nitrogen and oxygen atoms in total. The first-order chi connectivity index (χ1) is 7.25. The van der Waals surface area contributed by atoms with Crippen LogP contribution in [0, 0.1) is 0 Å². The molecule has 1 unspecified atom stereocenters. The third-order valence-electron chi connectivity index (χ3n) is 2.56. The van der Waals surface area contributed by atoms with Crippen LogP contribution in [-0.4, -0.2) is 42.7 Å². The van der Waals surface area contributed by atoms with E-state index < -0.39 is 6.10 Å². The molecule has 15 heavy (non-hydrogen) atoms. The maximum absolute atomic E-state index is 9.87. The van der Waals surface area contributed by atoms with Crippen molar-refractivity contribution in [3.8, 4) is 0 Å². The molecule has 0 spiro atoms. The lowest BCUT2D eigenvalue weighted by atomic mass is 10.2. The third kappa shape index (κ3) is 2.95. The number of hydrogen-bond donors (Lipinski definition) is 2. The summed E-state index contributed by atoms with van der Waals surface area (Å²) in [7, 11) is 0. The Morgan fingerprint density at radius 1 is 1.47 bits per heavy atom. The Labute approximate surface area is 93.8 Å². The Hall–Kier alpha value is -0.550. The first kappa shape index (κ1) is 11.0. The first-order valence-corrected chi connectivity index (χ1v) is 5.50. The molecule has 1 aromatic rings. The highest BCUT2D eigenvalue weighted by molar-refractivity contribution is 6.28. The summed E-state index contributed by atoms with van der Waals surface area (Å²) < 4.78 is 5.16. The monoisotopic (exact) mass is 230 g/mol. The van der Waals surface area contributed by atoms with Gasteiger partial charge in [0.05, 0.1) is 0 Å². The Morgan fingerprint density at radius 3 is 2.80 bits per heavy atom. The maximum Gasteiger partial charge on any atom is 0.193 e. The molecule has 0 bridgehead atoms. The molecule has 0 aromatic carbocycles.